The summed E-state index contributed by atoms with van der Waals surface area (Å²) in [5.74, 6) is 1.80. The van der Waals surface area contributed by atoms with E-state index in [9.17, 15) is 0 Å². The minimum absolute atomic E-state index is 0.304. The predicted octanol–water partition coefficient (Wildman–Crippen LogP) is 4.12. The molecule has 0 spiro atoms. The minimum atomic E-state index is -0.304. The molecule has 0 N–H and O–H groups in total. The molecule has 1 aromatic heterocycles. The largest absolute Gasteiger partial charge is 0.463 e. The standard InChI is InChI=1S/C21H20N2O2/c1-23(14-21-24-15-18-9-5-6-10-19(18)25-21)20-13-17(11-12-22-20)16-7-3-2-4-8-16/h2-13,21H,14-15H2,1H3. The Labute approximate surface area is 147 Å². The summed E-state index contributed by atoms with van der Waals surface area (Å²) in [7, 11) is 2.00. The highest BCUT2D eigenvalue weighted by atomic mass is 16.7. The Bertz CT molecular complexity index is 851. The van der Waals surface area contributed by atoms with Gasteiger partial charge in [-0.25, -0.2) is 4.98 Å². The van der Waals surface area contributed by atoms with E-state index in [1.54, 1.807) is 0 Å². The fourth-order valence-electron chi connectivity index (χ4n) is 2.94. The van der Waals surface area contributed by atoms with Crippen molar-refractivity contribution in [1.29, 1.82) is 0 Å². The Morgan fingerprint density at radius 1 is 1.00 bits per heavy atom. The van der Waals surface area contributed by atoms with Gasteiger partial charge in [0.25, 0.3) is 0 Å². The van der Waals surface area contributed by atoms with Gasteiger partial charge in [0.2, 0.25) is 6.29 Å². The second-order valence-electron chi connectivity index (χ2n) is 6.12. The van der Waals surface area contributed by atoms with Gasteiger partial charge < -0.3 is 14.4 Å². The topological polar surface area (TPSA) is 34.6 Å². The molecule has 0 saturated carbocycles. The average molecular weight is 332 g/mol. The van der Waals surface area contributed by atoms with Crippen LogP contribution in [0.25, 0.3) is 11.1 Å². The van der Waals surface area contributed by atoms with Crippen LogP contribution in [0.4, 0.5) is 5.82 Å². The second-order valence-corrected chi connectivity index (χ2v) is 6.12. The molecule has 0 amide bonds. The van der Waals surface area contributed by atoms with Crippen molar-refractivity contribution < 1.29 is 9.47 Å². The van der Waals surface area contributed by atoms with Crippen molar-refractivity contribution in [1.82, 2.24) is 4.98 Å². The van der Waals surface area contributed by atoms with Crippen LogP contribution in [0.5, 0.6) is 5.75 Å². The van der Waals surface area contributed by atoms with Crippen LogP contribution in [0.1, 0.15) is 5.56 Å². The van der Waals surface area contributed by atoms with Gasteiger partial charge in [-0.2, -0.15) is 0 Å². The summed E-state index contributed by atoms with van der Waals surface area (Å²) in [6.07, 6.45) is 1.54. The number of benzene rings is 2. The van der Waals surface area contributed by atoms with Gasteiger partial charge in [-0.1, -0.05) is 48.5 Å². The van der Waals surface area contributed by atoms with Crippen LogP contribution in [-0.2, 0) is 11.3 Å². The third-order valence-electron chi connectivity index (χ3n) is 4.32. The SMILES string of the molecule is CN(CC1OCc2ccccc2O1)c1cc(-c2ccccc2)ccn1. The highest BCUT2D eigenvalue weighted by Crippen LogP contribution is 2.27. The Morgan fingerprint density at radius 2 is 1.80 bits per heavy atom. The summed E-state index contributed by atoms with van der Waals surface area (Å²) in [6.45, 7) is 1.19. The Kier molecular flexibility index (Phi) is 4.36. The fraction of sp³-hybridized carbons (Fsp3) is 0.190. The molecule has 4 nitrogen and oxygen atoms in total. The van der Waals surface area contributed by atoms with Crippen molar-refractivity contribution in [2.24, 2.45) is 0 Å². The summed E-state index contributed by atoms with van der Waals surface area (Å²) in [6, 6.07) is 22.4. The van der Waals surface area contributed by atoms with Gasteiger partial charge in [0.1, 0.15) is 11.6 Å². The Balaban J connectivity index is 1.48. The number of ether oxygens (including phenoxy) is 2. The maximum Gasteiger partial charge on any atom is 0.217 e. The van der Waals surface area contributed by atoms with Crippen molar-refractivity contribution in [2.45, 2.75) is 12.9 Å². The first-order chi connectivity index (χ1) is 12.3. The molecule has 0 bridgehead atoms. The summed E-state index contributed by atoms with van der Waals surface area (Å²) in [4.78, 5) is 6.55. The molecule has 0 radical (unpaired) electrons. The lowest BCUT2D eigenvalue weighted by atomic mass is 10.1. The first-order valence-corrected chi connectivity index (χ1v) is 8.38. The summed E-state index contributed by atoms with van der Waals surface area (Å²) >= 11 is 0. The van der Waals surface area contributed by atoms with Gasteiger partial charge in [0.15, 0.2) is 0 Å². The van der Waals surface area contributed by atoms with E-state index in [1.165, 1.54) is 5.56 Å². The van der Waals surface area contributed by atoms with Gasteiger partial charge in [0.05, 0.1) is 13.2 Å². The molecule has 0 aliphatic carbocycles. The number of aromatic nitrogens is 1. The van der Waals surface area contributed by atoms with Crippen molar-refractivity contribution in [2.75, 3.05) is 18.5 Å². The van der Waals surface area contributed by atoms with Crippen LogP contribution < -0.4 is 9.64 Å². The van der Waals surface area contributed by atoms with E-state index in [2.05, 4.69) is 28.1 Å². The van der Waals surface area contributed by atoms with E-state index < -0.39 is 0 Å². The molecule has 4 rings (SSSR count). The quantitative estimate of drug-likeness (QED) is 0.720. The maximum absolute atomic E-state index is 5.95. The lowest BCUT2D eigenvalue weighted by Crippen LogP contribution is -2.37. The van der Waals surface area contributed by atoms with Crippen LogP contribution in [0.3, 0.4) is 0 Å². The number of likely N-dealkylation sites (N-methyl/N-ethyl adjacent to an activating group) is 1. The number of anilines is 1. The van der Waals surface area contributed by atoms with Crippen LogP contribution >= 0.6 is 0 Å². The van der Waals surface area contributed by atoms with E-state index in [0.29, 0.717) is 13.2 Å². The number of pyridine rings is 1. The molecule has 0 fully saturated rings. The number of para-hydroxylation sites is 1. The normalized spacial score (nSPS) is 16.0. The molecule has 126 valence electrons. The zero-order chi connectivity index (χ0) is 17.1. The molecular weight excluding hydrogens is 312 g/mol. The van der Waals surface area contributed by atoms with Crippen molar-refractivity contribution in [3.63, 3.8) is 0 Å². The Hall–Kier alpha value is -2.85. The van der Waals surface area contributed by atoms with Crippen LogP contribution in [0, 0.1) is 0 Å². The first kappa shape index (κ1) is 15.7. The third kappa shape index (κ3) is 3.49. The lowest BCUT2D eigenvalue weighted by Gasteiger charge is -2.30. The van der Waals surface area contributed by atoms with Crippen LogP contribution in [-0.4, -0.2) is 24.9 Å². The van der Waals surface area contributed by atoms with Gasteiger partial charge in [-0.15, -0.1) is 0 Å². The number of nitrogens with zero attached hydrogens (tertiary/aromatic N) is 2. The van der Waals surface area contributed by atoms with E-state index in [-0.39, 0.29) is 6.29 Å². The number of hydrogen-bond acceptors (Lipinski definition) is 4. The van der Waals surface area contributed by atoms with Crippen molar-refractivity contribution in [3.05, 3.63) is 78.5 Å². The predicted molar refractivity (Wildman–Crippen MR) is 98.6 cm³/mol. The number of fused-ring (bicyclic) bond motifs is 1. The van der Waals surface area contributed by atoms with E-state index in [1.807, 2.05) is 61.8 Å². The molecule has 25 heavy (non-hydrogen) atoms. The van der Waals surface area contributed by atoms with E-state index in [4.69, 9.17) is 9.47 Å². The molecule has 1 aliphatic heterocycles. The van der Waals surface area contributed by atoms with Crippen LogP contribution in [0.2, 0.25) is 0 Å². The van der Waals surface area contributed by atoms with Gasteiger partial charge in [-0.05, 0) is 29.3 Å². The van der Waals surface area contributed by atoms with Crippen LogP contribution in [0.15, 0.2) is 72.9 Å². The molecule has 4 heteroatoms. The van der Waals surface area contributed by atoms with E-state index in [0.717, 1.165) is 22.7 Å². The maximum atomic E-state index is 5.95. The molecule has 3 aromatic rings. The lowest BCUT2D eigenvalue weighted by molar-refractivity contribution is -0.101. The van der Waals surface area contributed by atoms with Crippen molar-refractivity contribution in [3.8, 4) is 16.9 Å². The average Bonchev–Trinajstić information content (AvgIpc) is 2.69. The monoisotopic (exact) mass is 332 g/mol. The third-order valence-corrected chi connectivity index (χ3v) is 4.32. The fourth-order valence-corrected chi connectivity index (χ4v) is 2.94. The highest BCUT2D eigenvalue weighted by molar-refractivity contribution is 5.66. The van der Waals surface area contributed by atoms with Crippen molar-refractivity contribution >= 4 is 5.82 Å². The van der Waals surface area contributed by atoms with E-state index >= 15 is 0 Å². The number of rotatable bonds is 4. The molecule has 2 aromatic carbocycles. The van der Waals surface area contributed by atoms with Gasteiger partial charge in [0, 0.05) is 18.8 Å². The second kappa shape index (κ2) is 6.95. The molecule has 0 saturated heterocycles. The highest BCUT2D eigenvalue weighted by Gasteiger charge is 2.21. The first-order valence-electron chi connectivity index (χ1n) is 8.38. The zero-order valence-corrected chi connectivity index (χ0v) is 14.1. The minimum Gasteiger partial charge on any atom is -0.463 e. The summed E-state index contributed by atoms with van der Waals surface area (Å²) in [5, 5.41) is 0. The molecular formula is C21H20N2O2. The summed E-state index contributed by atoms with van der Waals surface area (Å²) in [5.41, 5.74) is 3.41. The van der Waals surface area contributed by atoms with Gasteiger partial charge in [-0.3, -0.25) is 0 Å². The zero-order valence-electron chi connectivity index (χ0n) is 14.1. The molecule has 1 aliphatic rings. The smallest absolute Gasteiger partial charge is 0.217 e. The Morgan fingerprint density at radius 3 is 2.68 bits per heavy atom. The van der Waals surface area contributed by atoms with Gasteiger partial charge >= 0.3 is 0 Å². The molecule has 1 atom stereocenters. The number of hydrogen-bond donors (Lipinski definition) is 0. The molecule has 1 unspecified atom stereocenters. The molecule has 2 heterocycles. The summed E-state index contributed by atoms with van der Waals surface area (Å²) < 4.78 is 11.8.